The Bertz CT molecular complexity index is 1150. The number of hydrogen-bond donors (Lipinski definition) is 0. The fourth-order valence-corrected chi connectivity index (χ4v) is 3.61. The second-order valence-electron chi connectivity index (χ2n) is 7.34. The van der Waals surface area contributed by atoms with Crippen LogP contribution in [-0.2, 0) is 0 Å². The zero-order chi connectivity index (χ0) is 19.7. The molecule has 0 fully saturated rings. The van der Waals surface area contributed by atoms with Crippen LogP contribution in [0, 0.1) is 13.8 Å². The van der Waals surface area contributed by atoms with Gasteiger partial charge in [-0.25, -0.2) is 4.98 Å². The van der Waals surface area contributed by atoms with Crippen LogP contribution in [-0.4, -0.2) is 23.6 Å². The van der Waals surface area contributed by atoms with Gasteiger partial charge >= 0.3 is 0 Å². The molecule has 4 aromatic rings. The first kappa shape index (κ1) is 18.1. The van der Waals surface area contributed by atoms with Gasteiger partial charge in [-0.1, -0.05) is 30.3 Å². The van der Waals surface area contributed by atoms with E-state index < -0.39 is 0 Å². The van der Waals surface area contributed by atoms with Crippen molar-refractivity contribution < 1.29 is 0 Å². The quantitative estimate of drug-likeness (QED) is 0.449. The van der Waals surface area contributed by atoms with Crippen LogP contribution >= 0.6 is 0 Å². The standard InChI is InChI=1S/C25H25N3/c1-18-16-20(19(2)28(18)23-8-6-5-7-9-23)10-12-22-13-11-21-17-24(27(3)4)14-15-25(21)26-22/h5-17H,1-4H3. The molecule has 0 aliphatic rings. The van der Waals surface area contributed by atoms with Crippen LogP contribution in [0.25, 0.3) is 28.7 Å². The lowest BCUT2D eigenvalue weighted by Crippen LogP contribution is -2.08. The molecular formula is C25H25N3. The summed E-state index contributed by atoms with van der Waals surface area (Å²) in [6.07, 6.45) is 4.25. The topological polar surface area (TPSA) is 21.1 Å². The molecule has 0 atom stereocenters. The van der Waals surface area contributed by atoms with Crippen LogP contribution < -0.4 is 4.90 Å². The van der Waals surface area contributed by atoms with Gasteiger partial charge in [-0.05, 0) is 68.0 Å². The van der Waals surface area contributed by atoms with Gasteiger partial charge in [0.1, 0.15) is 0 Å². The molecular weight excluding hydrogens is 342 g/mol. The predicted octanol–water partition coefficient (Wildman–Crippen LogP) is 5.88. The first-order chi connectivity index (χ1) is 13.5. The van der Waals surface area contributed by atoms with Crippen LogP contribution in [0.4, 0.5) is 5.69 Å². The normalized spacial score (nSPS) is 11.4. The van der Waals surface area contributed by atoms with E-state index in [0.29, 0.717) is 0 Å². The van der Waals surface area contributed by atoms with E-state index in [1.165, 1.54) is 28.3 Å². The monoisotopic (exact) mass is 367 g/mol. The Hall–Kier alpha value is -3.33. The first-order valence-corrected chi connectivity index (χ1v) is 9.53. The minimum absolute atomic E-state index is 0.967. The van der Waals surface area contributed by atoms with Crippen LogP contribution in [0.5, 0.6) is 0 Å². The largest absolute Gasteiger partial charge is 0.378 e. The maximum atomic E-state index is 4.80. The lowest BCUT2D eigenvalue weighted by molar-refractivity contribution is 0.965. The average Bonchev–Trinajstić information content (AvgIpc) is 2.99. The number of aryl methyl sites for hydroxylation is 1. The Morgan fingerprint density at radius 3 is 2.39 bits per heavy atom. The average molecular weight is 367 g/mol. The van der Waals surface area contributed by atoms with Crippen LogP contribution in [0.2, 0.25) is 0 Å². The third-order valence-electron chi connectivity index (χ3n) is 5.13. The first-order valence-electron chi connectivity index (χ1n) is 9.53. The summed E-state index contributed by atoms with van der Waals surface area (Å²) in [5.74, 6) is 0. The molecule has 4 rings (SSSR count). The summed E-state index contributed by atoms with van der Waals surface area (Å²) in [6.45, 7) is 4.31. The SMILES string of the molecule is Cc1cc(C=Cc2ccc3cc(N(C)C)ccc3n2)c(C)n1-c1ccccc1. The molecule has 2 aromatic carbocycles. The molecule has 2 aromatic heterocycles. The number of anilines is 1. The lowest BCUT2D eigenvalue weighted by atomic mass is 10.1. The van der Waals surface area contributed by atoms with E-state index in [9.17, 15) is 0 Å². The van der Waals surface area contributed by atoms with Gasteiger partial charge in [0, 0.05) is 42.2 Å². The molecule has 28 heavy (non-hydrogen) atoms. The highest BCUT2D eigenvalue weighted by Crippen LogP contribution is 2.23. The molecule has 0 aliphatic heterocycles. The molecule has 0 saturated heterocycles. The number of fused-ring (bicyclic) bond motifs is 1. The summed E-state index contributed by atoms with van der Waals surface area (Å²) in [5, 5.41) is 1.16. The van der Waals surface area contributed by atoms with Crippen molar-refractivity contribution in [3.05, 3.63) is 89.4 Å². The summed E-state index contributed by atoms with van der Waals surface area (Å²) < 4.78 is 2.29. The smallest absolute Gasteiger partial charge is 0.0710 e. The summed E-state index contributed by atoms with van der Waals surface area (Å²) >= 11 is 0. The molecule has 140 valence electrons. The summed E-state index contributed by atoms with van der Waals surface area (Å²) in [5.41, 5.74) is 8.04. The Morgan fingerprint density at radius 2 is 1.64 bits per heavy atom. The van der Waals surface area contributed by atoms with Gasteiger partial charge in [0.05, 0.1) is 11.2 Å². The second-order valence-corrected chi connectivity index (χ2v) is 7.34. The number of aromatic nitrogens is 2. The molecule has 0 saturated carbocycles. The minimum Gasteiger partial charge on any atom is -0.378 e. The molecule has 0 spiro atoms. The predicted molar refractivity (Wildman–Crippen MR) is 120 cm³/mol. The molecule has 0 N–H and O–H groups in total. The third-order valence-corrected chi connectivity index (χ3v) is 5.13. The van der Waals surface area contributed by atoms with Crippen molar-refractivity contribution in [1.29, 1.82) is 0 Å². The number of para-hydroxylation sites is 1. The number of nitrogens with zero attached hydrogens (tertiary/aromatic N) is 3. The van der Waals surface area contributed by atoms with Crippen LogP contribution in [0.1, 0.15) is 22.6 Å². The van der Waals surface area contributed by atoms with E-state index in [2.05, 4.69) is 110 Å². The van der Waals surface area contributed by atoms with Crippen molar-refractivity contribution >= 4 is 28.7 Å². The van der Waals surface area contributed by atoms with E-state index in [-0.39, 0.29) is 0 Å². The number of rotatable bonds is 4. The number of benzene rings is 2. The van der Waals surface area contributed by atoms with E-state index in [0.717, 1.165) is 16.6 Å². The minimum atomic E-state index is 0.967. The Balaban J connectivity index is 1.65. The molecule has 0 radical (unpaired) electrons. The Kier molecular flexibility index (Phi) is 4.74. The van der Waals surface area contributed by atoms with Gasteiger partial charge in [-0.2, -0.15) is 0 Å². The van der Waals surface area contributed by atoms with Gasteiger partial charge < -0.3 is 9.47 Å². The maximum absolute atomic E-state index is 4.80. The number of pyridine rings is 1. The van der Waals surface area contributed by atoms with Crippen molar-refractivity contribution in [1.82, 2.24) is 9.55 Å². The molecule has 0 amide bonds. The zero-order valence-electron chi connectivity index (χ0n) is 16.8. The molecule has 3 heteroatoms. The van der Waals surface area contributed by atoms with Crippen LogP contribution in [0.3, 0.4) is 0 Å². The fraction of sp³-hybridized carbons (Fsp3) is 0.160. The number of hydrogen-bond acceptors (Lipinski definition) is 2. The zero-order valence-corrected chi connectivity index (χ0v) is 16.8. The molecule has 0 unspecified atom stereocenters. The van der Waals surface area contributed by atoms with Crippen LogP contribution in [0.15, 0.2) is 66.7 Å². The highest BCUT2D eigenvalue weighted by molar-refractivity contribution is 5.84. The molecule has 0 aliphatic carbocycles. The van der Waals surface area contributed by atoms with E-state index >= 15 is 0 Å². The third kappa shape index (κ3) is 3.44. The fourth-order valence-electron chi connectivity index (χ4n) is 3.61. The van der Waals surface area contributed by atoms with E-state index in [4.69, 9.17) is 4.98 Å². The molecule has 3 nitrogen and oxygen atoms in total. The van der Waals surface area contributed by atoms with Crippen molar-refractivity contribution in [2.24, 2.45) is 0 Å². The van der Waals surface area contributed by atoms with Gasteiger partial charge in [0.25, 0.3) is 0 Å². The van der Waals surface area contributed by atoms with Crippen molar-refractivity contribution in [3.63, 3.8) is 0 Å². The summed E-state index contributed by atoms with van der Waals surface area (Å²) in [7, 11) is 4.11. The maximum Gasteiger partial charge on any atom is 0.0710 e. The van der Waals surface area contributed by atoms with Gasteiger partial charge in [0.15, 0.2) is 0 Å². The summed E-state index contributed by atoms with van der Waals surface area (Å²) in [6, 6.07) is 23.3. The van der Waals surface area contributed by atoms with Crippen molar-refractivity contribution in [2.75, 3.05) is 19.0 Å². The van der Waals surface area contributed by atoms with Crippen molar-refractivity contribution in [3.8, 4) is 5.69 Å². The lowest BCUT2D eigenvalue weighted by Gasteiger charge is -2.12. The van der Waals surface area contributed by atoms with Gasteiger partial charge in [0.2, 0.25) is 0 Å². The van der Waals surface area contributed by atoms with Gasteiger partial charge in [-0.15, -0.1) is 0 Å². The highest BCUT2D eigenvalue weighted by Gasteiger charge is 2.08. The summed E-state index contributed by atoms with van der Waals surface area (Å²) in [4.78, 5) is 6.90. The second kappa shape index (κ2) is 7.35. The Labute approximate surface area is 166 Å². The Morgan fingerprint density at radius 1 is 0.857 bits per heavy atom. The highest BCUT2D eigenvalue weighted by atomic mass is 15.1. The van der Waals surface area contributed by atoms with E-state index in [1.807, 2.05) is 6.07 Å². The molecule has 2 heterocycles. The molecule has 0 bridgehead atoms. The van der Waals surface area contributed by atoms with Crippen molar-refractivity contribution in [2.45, 2.75) is 13.8 Å². The van der Waals surface area contributed by atoms with E-state index in [1.54, 1.807) is 0 Å². The van der Waals surface area contributed by atoms with Gasteiger partial charge in [-0.3, -0.25) is 0 Å².